The number of para-hydroxylation sites is 1. The number of nitrogens with zero attached hydrogens (tertiary/aromatic N) is 1. The number of thiazole rings is 1. The second-order valence-electron chi connectivity index (χ2n) is 5.92. The Hall–Kier alpha value is -2.38. The molecule has 0 saturated carbocycles. The van der Waals surface area contributed by atoms with Gasteiger partial charge >= 0.3 is 0 Å². The van der Waals surface area contributed by atoms with E-state index < -0.39 is 5.25 Å². The molecule has 0 saturated heterocycles. The van der Waals surface area contributed by atoms with Crippen LogP contribution < -0.4 is 10.6 Å². The number of rotatable bonds is 8. The third kappa shape index (κ3) is 5.55. The van der Waals surface area contributed by atoms with Crippen LogP contribution in [0.1, 0.15) is 18.9 Å². The minimum Gasteiger partial charge on any atom is -0.355 e. The maximum Gasteiger partial charge on any atom is 0.234 e. The minimum atomic E-state index is -0.513. The highest BCUT2D eigenvalue weighted by Gasteiger charge is 2.24. The van der Waals surface area contributed by atoms with Crippen LogP contribution in [0.3, 0.4) is 0 Å². The van der Waals surface area contributed by atoms with Crippen molar-refractivity contribution >= 4 is 45.1 Å². The van der Waals surface area contributed by atoms with Gasteiger partial charge in [0.15, 0.2) is 4.34 Å². The van der Waals surface area contributed by atoms with E-state index in [1.165, 1.54) is 23.1 Å². The van der Waals surface area contributed by atoms with Crippen LogP contribution in [0.2, 0.25) is 0 Å². The standard InChI is InChI=1S/C20H21N3O2S2/c1-2-21-19(25)17(12-18(24)22-13-14-8-4-3-5-9-14)27-20-23-15-10-6-7-11-16(15)26-20/h3-11,17H,2,12-13H2,1H3,(H,21,25)(H,22,24). The highest BCUT2D eigenvalue weighted by atomic mass is 32.2. The number of amides is 2. The van der Waals surface area contributed by atoms with Gasteiger partial charge in [-0.15, -0.1) is 11.3 Å². The Morgan fingerprint density at radius 3 is 2.56 bits per heavy atom. The lowest BCUT2D eigenvalue weighted by atomic mass is 10.2. The summed E-state index contributed by atoms with van der Waals surface area (Å²) in [6.07, 6.45) is 0.110. The number of nitrogens with one attached hydrogen (secondary N) is 2. The fraction of sp³-hybridized carbons (Fsp3) is 0.250. The molecule has 0 aliphatic heterocycles. The largest absolute Gasteiger partial charge is 0.355 e. The van der Waals surface area contributed by atoms with E-state index in [0.717, 1.165) is 20.1 Å². The molecule has 27 heavy (non-hydrogen) atoms. The van der Waals surface area contributed by atoms with Crippen LogP contribution in [0.5, 0.6) is 0 Å². The average Bonchev–Trinajstić information content (AvgIpc) is 3.09. The smallest absolute Gasteiger partial charge is 0.234 e. The van der Waals surface area contributed by atoms with Gasteiger partial charge in [-0.1, -0.05) is 54.2 Å². The van der Waals surface area contributed by atoms with E-state index >= 15 is 0 Å². The molecule has 1 unspecified atom stereocenters. The Labute approximate surface area is 166 Å². The monoisotopic (exact) mass is 399 g/mol. The second kappa shape index (κ2) is 9.53. The van der Waals surface area contributed by atoms with Gasteiger partial charge in [-0.25, -0.2) is 4.98 Å². The van der Waals surface area contributed by atoms with Gasteiger partial charge in [-0.05, 0) is 24.6 Å². The molecule has 0 fully saturated rings. The SMILES string of the molecule is CCNC(=O)C(CC(=O)NCc1ccccc1)Sc1nc2ccccc2s1. The highest BCUT2D eigenvalue weighted by Crippen LogP contribution is 2.33. The van der Waals surface area contributed by atoms with Crippen molar-refractivity contribution in [1.29, 1.82) is 0 Å². The summed E-state index contributed by atoms with van der Waals surface area (Å²) < 4.78 is 1.87. The summed E-state index contributed by atoms with van der Waals surface area (Å²) in [5, 5.41) is 5.19. The first kappa shape index (κ1) is 19.4. The quantitative estimate of drug-likeness (QED) is 0.568. The summed E-state index contributed by atoms with van der Waals surface area (Å²) in [6, 6.07) is 17.6. The van der Waals surface area contributed by atoms with Crippen LogP contribution in [-0.2, 0) is 16.1 Å². The summed E-state index contributed by atoms with van der Waals surface area (Å²) in [6.45, 7) is 2.85. The van der Waals surface area contributed by atoms with Crippen LogP contribution in [0, 0.1) is 0 Å². The van der Waals surface area contributed by atoms with Gasteiger partial charge in [0.2, 0.25) is 11.8 Å². The lowest BCUT2D eigenvalue weighted by Gasteiger charge is -2.14. The zero-order chi connectivity index (χ0) is 19.1. The van der Waals surface area contributed by atoms with Gasteiger partial charge in [0, 0.05) is 19.5 Å². The van der Waals surface area contributed by atoms with E-state index in [1.807, 2.05) is 61.5 Å². The van der Waals surface area contributed by atoms with Crippen LogP contribution in [0.15, 0.2) is 58.9 Å². The number of benzene rings is 2. The first-order valence-corrected chi connectivity index (χ1v) is 10.5. The van der Waals surface area contributed by atoms with Crippen molar-refractivity contribution in [3.8, 4) is 0 Å². The van der Waals surface area contributed by atoms with Crippen molar-refractivity contribution in [2.24, 2.45) is 0 Å². The van der Waals surface area contributed by atoms with Crippen molar-refractivity contribution in [2.75, 3.05) is 6.54 Å². The second-order valence-corrected chi connectivity index (χ2v) is 8.40. The van der Waals surface area contributed by atoms with Crippen molar-refractivity contribution in [1.82, 2.24) is 15.6 Å². The fourth-order valence-corrected chi connectivity index (χ4v) is 4.86. The summed E-state index contributed by atoms with van der Waals surface area (Å²) in [4.78, 5) is 29.4. The first-order valence-electron chi connectivity index (χ1n) is 8.76. The van der Waals surface area contributed by atoms with Gasteiger partial charge in [-0.2, -0.15) is 0 Å². The molecule has 5 nitrogen and oxygen atoms in total. The molecule has 1 atom stereocenters. The molecule has 2 aromatic carbocycles. The van der Waals surface area contributed by atoms with Crippen LogP contribution in [0.4, 0.5) is 0 Å². The van der Waals surface area contributed by atoms with Gasteiger partial charge in [0.05, 0.1) is 15.5 Å². The Bertz CT molecular complexity index is 879. The zero-order valence-corrected chi connectivity index (χ0v) is 16.6. The molecule has 1 aromatic heterocycles. The normalized spacial score (nSPS) is 11.9. The number of carbonyl (C=O) groups excluding carboxylic acids is 2. The van der Waals surface area contributed by atoms with E-state index in [2.05, 4.69) is 15.6 Å². The topological polar surface area (TPSA) is 71.1 Å². The number of thioether (sulfide) groups is 1. The zero-order valence-electron chi connectivity index (χ0n) is 15.0. The van der Waals surface area contributed by atoms with E-state index in [9.17, 15) is 9.59 Å². The number of hydrogen-bond acceptors (Lipinski definition) is 5. The van der Waals surface area contributed by atoms with Gasteiger partial charge in [0.1, 0.15) is 0 Å². The maximum atomic E-state index is 12.4. The van der Waals surface area contributed by atoms with E-state index in [1.54, 1.807) is 0 Å². The molecule has 7 heteroatoms. The van der Waals surface area contributed by atoms with Gasteiger partial charge in [0.25, 0.3) is 0 Å². The van der Waals surface area contributed by atoms with Gasteiger partial charge in [-0.3, -0.25) is 9.59 Å². The van der Waals surface area contributed by atoms with Crippen LogP contribution >= 0.6 is 23.1 Å². The molecular weight excluding hydrogens is 378 g/mol. The Balaban J connectivity index is 1.65. The third-order valence-electron chi connectivity index (χ3n) is 3.86. The molecule has 0 radical (unpaired) electrons. The van der Waals surface area contributed by atoms with E-state index in [4.69, 9.17) is 0 Å². The maximum absolute atomic E-state index is 12.4. The Morgan fingerprint density at radius 1 is 1.07 bits per heavy atom. The van der Waals surface area contributed by atoms with Crippen molar-refractivity contribution in [3.05, 3.63) is 60.2 Å². The van der Waals surface area contributed by atoms with Crippen LogP contribution in [-0.4, -0.2) is 28.6 Å². The molecule has 3 rings (SSSR count). The molecule has 1 heterocycles. The van der Waals surface area contributed by atoms with Crippen molar-refractivity contribution < 1.29 is 9.59 Å². The number of fused-ring (bicyclic) bond motifs is 1. The Kier molecular flexibility index (Phi) is 6.84. The molecule has 2 N–H and O–H groups in total. The summed E-state index contributed by atoms with van der Waals surface area (Å²) in [5.41, 5.74) is 1.94. The minimum absolute atomic E-state index is 0.110. The molecule has 0 bridgehead atoms. The molecule has 0 aliphatic carbocycles. The Morgan fingerprint density at radius 2 is 1.81 bits per heavy atom. The first-order chi connectivity index (χ1) is 13.2. The number of aromatic nitrogens is 1. The average molecular weight is 400 g/mol. The predicted molar refractivity (Wildman–Crippen MR) is 111 cm³/mol. The fourth-order valence-electron chi connectivity index (χ4n) is 2.54. The summed E-state index contributed by atoms with van der Waals surface area (Å²) >= 11 is 2.89. The predicted octanol–water partition coefficient (Wildman–Crippen LogP) is 3.60. The molecule has 0 spiro atoms. The van der Waals surface area contributed by atoms with E-state index in [0.29, 0.717) is 13.1 Å². The number of hydrogen-bond donors (Lipinski definition) is 2. The van der Waals surface area contributed by atoms with Gasteiger partial charge < -0.3 is 10.6 Å². The molecule has 140 valence electrons. The molecule has 2 amide bonds. The summed E-state index contributed by atoms with van der Waals surface area (Å²) in [5.74, 6) is -0.291. The third-order valence-corrected chi connectivity index (χ3v) is 6.19. The summed E-state index contributed by atoms with van der Waals surface area (Å²) in [7, 11) is 0. The molecule has 0 aliphatic rings. The molecular formula is C20H21N3O2S2. The lowest BCUT2D eigenvalue weighted by molar-refractivity contribution is -0.126. The molecule has 3 aromatic rings. The van der Waals surface area contributed by atoms with Crippen LogP contribution in [0.25, 0.3) is 10.2 Å². The van der Waals surface area contributed by atoms with Crippen molar-refractivity contribution in [2.45, 2.75) is 29.5 Å². The van der Waals surface area contributed by atoms with E-state index in [-0.39, 0.29) is 18.2 Å². The van der Waals surface area contributed by atoms with Crippen molar-refractivity contribution in [3.63, 3.8) is 0 Å². The number of carbonyl (C=O) groups is 2. The lowest BCUT2D eigenvalue weighted by Crippen LogP contribution is -2.36. The highest BCUT2D eigenvalue weighted by molar-refractivity contribution is 8.02.